The molecule has 3 nitrogen and oxygen atoms in total. The average molecular weight is 334 g/mol. The number of rotatable bonds is 7. The van der Waals surface area contributed by atoms with Crippen LogP contribution in [0.4, 0.5) is 5.69 Å². The molecule has 0 saturated carbocycles. The van der Waals surface area contributed by atoms with E-state index in [1.165, 1.54) is 5.56 Å². The Morgan fingerprint density at radius 2 is 1.85 bits per heavy atom. The fraction of sp³-hybridized carbons (Fsp3) is 0.312. The summed E-state index contributed by atoms with van der Waals surface area (Å²) < 4.78 is 1.11. The normalized spacial score (nSPS) is 10.8. The Kier molecular flexibility index (Phi) is 6.02. The van der Waals surface area contributed by atoms with Crippen molar-refractivity contribution < 1.29 is 0 Å². The average Bonchev–Trinajstić information content (AvgIpc) is 2.48. The van der Waals surface area contributed by atoms with Crippen LogP contribution in [0.2, 0.25) is 0 Å². The van der Waals surface area contributed by atoms with Gasteiger partial charge in [0, 0.05) is 42.2 Å². The second-order valence-electron chi connectivity index (χ2n) is 4.82. The Morgan fingerprint density at radius 3 is 2.60 bits per heavy atom. The van der Waals surface area contributed by atoms with Gasteiger partial charge in [-0.15, -0.1) is 0 Å². The van der Waals surface area contributed by atoms with Gasteiger partial charge in [0.2, 0.25) is 0 Å². The van der Waals surface area contributed by atoms with Gasteiger partial charge in [0.1, 0.15) is 0 Å². The van der Waals surface area contributed by atoms with Crippen molar-refractivity contribution >= 4 is 21.6 Å². The van der Waals surface area contributed by atoms with Crippen molar-refractivity contribution in [1.82, 2.24) is 9.88 Å². The molecule has 0 radical (unpaired) electrons. The van der Waals surface area contributed by atoms with E-state index in [1.807, 2.05) is 24.5 Å². The monoisotopic (exact) mass is 333 g/mol. The summed E-state index contributed by atoms with van der Waals surface area (Å²) in [5, 5.41) is 3.44. The Balaban J connectivity index is 1.68. The van der Waals surface area contributed by atoms with Gasteiger partial charge in [-0.1, -0.05) is 12.1 Å². The number of nitrogens with zero attached hydrogens (tertiary/aromatic N) is 2. The minimum atomic E-state index is 0.940. The molecule has 106 valence electrons. The van der Waals surface area contributed by atoms with Gasteiger partial charge < -0.3 is 10.2 Å². The van der Waals surface area contributed by atoms with Crippen LogP contribution in [-0.4, -0.2) is 36.6 Å². The molecule has 1 aromatic heterocycles. The summed E-state index contributed by atoms with van der Waals surface area (Å²) in [5.74, 6) is 0. The molecule has 0 unspecified atom stereocenters. The van der Waals surface area contributed by atoms with Crippen LogP contribution in [-0.2, 0) is 6.42 Å². The summed E-state index contributed by atoms with van der Waals surface area (Å²) in [6.45, 7) is 3.02. The quantitative estimate of drug-likeness (QED) is 0.841. The van der Waals surface area contributed by atoms with Crippen molar-refractivity contribution in [3.8, 4) is 0 Å². The minimum absolute atomic E-state index is 0.940. The van der Waals surface area contributed by atoms with Crippen molar-refractivity contribution in [3.05, 3.63) is 58.8 Å². The third-order valence-corrected chi connectivity index (χ3v) is 3.91. The zero-order valence-corrected chi connectivity index (χ0v) is 13.3. The van der Waals surface area contributed by atoms with Crippen molar-refractivity contribution in [3.63, 3.8) is 0 Å². The minimum Gasteiger partial charge on any atom is -0.383 e. The Morgan fingerprint density at radius 1 is 1.10 bits per heavy atom. The van der Waals surface area contributed by atoms with Crippen LogP contribution in [0.25, 0.3) is 0 Å². The highest BCUT2D eigenvalue weighted by Crippen LogP contribution is 2.20. The second kappa shape index (κ2) is 8.02. The van der Waals surface area contributed by atoms with Gasteiger partial charge in [-0.2, -0.15) is 0 Å². The third kappa shape index (κ3) is 4.94. The zero-order valence-electron chi connectivity index (χ0n) is 11.7. The molecule has 0 spiro atoms. The van der Waals surface area contributed by atoms with E-state index in [4.69, 9.17) is 0 Å². The lowest BCUT2D eigenvalue weighted by Gasteiger charge is -2.17. The number of halogens is 1. The maximum absolute atomic E-state index is 4.04. The number of likely N-dealkylation sites (N-methyl/N-ethyl adjacent to an activating group) is 1. The van der Waals surface area contributed by atoms with Crippen LogP contribution in [0.5, 0.6) is 0 Å². The molecule has 0 bridgehead atoms. The Bertz CT molecular complexity index is 516. The maximum Gasteiger partial charge on any atom is 0.0485 e. The number of nitrogens with one attached hydrogen (secondary N) is 1. The lowest BCUT2D eigenvalue weighted by Crippen LogP contribution is -2.27. The van der Waals surface area contributed by atoms with Crippen LogP contribution in [0, 0.1) is 0 Å². The first kappa shape index (κ1) is 15.0. The predicted molar refractivity (Wildman–Crippen MR) is 88.1 cm³/mol. The van der Waals surface area contributed by atoms with E-state index in [9.17, 15) is 0 Å². The molecule has 0 fully saturated rings. The smallest absolute Gasteiger partial charge is 0.0485 e. The predicted octanol–water partition coefficient (Wildman–Crippen LogP) is 3.43. The molecule has 0 aliphatic heterocycles. The molecule has 4 heteroatoms. The van der Waals surface area contributed by atoms with Gasteiger partial charge in [0.15, 0.2) is 0 Å². The van der Waals surface area contributed by atoms with E-state index >= 15 is 0 Å². The maximum atomic E-state index is 4.04. The highest BCUT2D eigenvalue weighted by Gasteiger charge is 2.01. The molecular formula is C16H20BrN3. The molecule has 1 heterocycles. The molecule has 0 aliphatic carbocycles. The number of anilines is 1. The fourth-order valence-electron chi connectivity index (χ4n) is 1.97. The van der Waals surface area contributed by atoms with Crippen molar-refractivity contribution in [2.24, 2.45) is 0 Å². The second-order valence-corrected chi connectivity index (χ2v) is 5.67. The summed E-state index contributed by atoms with van der Waals surface area (Å²) >= 11 is 3.54. The van der Waals surface area contributed by atoms with Gasteiger partial charge in [-0.05, 0) is 59.2 Å². The molecule has 0 saturated heterocycles. The molecular weight excluding hydrogens is 314 g/mol. The summed E-state index contributed by atoms with van der Waals surface area (Å²) in [5.41, 5.74) is 2.49. The van der Waals surface area contributed by atoms with Crippen molar-refractivity contribution in [2.45, 2.75) is 6.42 Å². The van der Waals surface area contributed by atoms with E-state index in [0.717, 1.165) is 36.2 Å². The lowest BCUT2D eigenvalue weighted by atomic mass is 10.2. The molecule has 2 aromatic rings. The standard InChI is InChI=1S/C16H20BrN3/c1-20(12-8-14-6-9-18-10-7-14)13-11-19-16-5-3-2-4-15(16)17/h2-7,9-10,19H,8,11-13H2,1H3. The highest BCUT2D eigenvalue weighted by atomic mass is 79.9. The van der Waals surface area contributed by atoms with E-state index in [2.05, 4.69) is 62.4 Å². The fourth-order valence-corrected chi connectivity index (χ4v) is 2.39. The van der Waals surface area contributed by atoms with Crippen LogP contribution in [0.1, 0.15) is 5.56 Å². The molecule has 0 amide bonds. The van der Waals surface area contributed by atoms with Gasteiger partial charge in [-0.25, -0.2) is 0 Å². The molecule has 0 aliphatic rings. The largest absolute Gasteiger partial charge is 0.383 e. The topological polar surface area (TPSA) is 28.2 Å². The summed E-state index contributed by atoms with van der Waals surface area (Å²) in [6.07, 6.45) is 4.77. The van der Waals surface area contributed by atoms with Crippen LogP contribution in [0.3, 0.4) is 0 Å². The Hall–Kier alpha value is -1.39. The number of benzene rings is 1. The number of aromatic nitrogens is 1. The van der Waals surface area contributed by atoms with Gasteiger partial charge in [0.25, 0.3) is 0 Å². The van der Waals surface area contributed by atoms with E-state index in [-0.39, 0.29) is 0 Å². The SMILES string of the molecule is CN(CCNc1ccccc1Br)CCc1ccncc1. The van der Waals surface area contributed by atoms with Gasteiger partial charge >= 0.3 is 0 Å². The summed E-state index contributed by atoms with van der Waals surface area (Å²) in [6, 6.07) is 12.4. The number of pyridine rings is 1. The first-order valence-corrected chi connectivity index (χ1v) is 7.61. The number of para-hydroxylation sites is 1. The Labute approximate surface area is 129 Å². The van der Waals surface area contributed by atoms with E-state index < -0.39 is 0 Å². The van der Waals surface area contributed by atoms with Crippen molar-refractivity contribution in [1.29, 1.82) is 0 Å². The van der Waals surface area contributed by atoms with Crippen molar-refractivity contribution in [2.75, 3.05) is 32.0 Å². The third-order valence-electron chi connectivity index (χ3n) is 3.21. The summed E-state index contributed by atoms with van der Waals surface area (Å²) in [7, 11) is 2.16. The van der Waals surface area contributed by atoms with Gasteiger partial charge in [0.05, 0.1) is 0 Å². The molecule has 1 N–H and O–H groups in total. The first-order valence-electron chi connectivity index (χ1n) is 6.81. The van der Waals surface area contributed by atoms with Crippen LogP contribution < -0.4 is 5.32 Å². The molecule has 1 aromatic carbocycles. The molecule has 2 rings (SSSR count). The van der Waals surface area contributed by atoms with Crippen LogP contribution >= 0.6 is 15.9 Å². The van der Waals surface area contributed by atoms with E-state index in [0.29, 0.717) is 0 Å². The first-order chi connectivity index (χ1) is 9.75. The highest BCUT2D eigenvalue weighted by molar-refractivity contribution is 9.10. The molecule has 0 atom stereocenters. The van der Waals surface area contributed by atoms with Crippen LogP contribution in [0.15, 0.2) is 53.3 Å². The zero-order chi connectivity index (χ0) is 14.2. The molecule has 20 heavy (non-hydrogen) atoms. The lowest BCUT2D eigenvalue weighted by molar-refractivity contribution is 0.351. The number of hydrogen-bond acceptors (Lipinski definition) is 3. The number of hydrogen-bond donors (Lipinski definition) is 1. The summed E-state index contributed by atoms with van der Waals surface area (Å²) in [4.78, 5) is 6.37. The van der Waals surface area contributed by atoms with Gasteiger partial charge in [-0.3, -0.25) is 4.98 Å². The van der Waals surface area contributed by atoms with E-state index in [1.54, 1.807) is 0 Å².